The highest BCUT2D eigenvalue weighted by Gasteiger charge is 2.42. The molecule has 16 heavy (non-hydrogen) atoms. The highest BCUT2D eigenvalue weighted by Crippen LogP contribution is 2.40. The molecule has 0 aromatic heterocycles. The smallest absolute Gasteiger partial charge is 0.0695 e. The van der Waals surface area contributed by atoms with Crippen molar-refractivity contribution in [3.8, 4) is 0 Å². The highest BCUT2D eigenvalue weighted by molar-refractivity contribution is 4.97. The normalized spacial score (nSPS) is 45.6. The van der Waals surface area contributed by atoms with Crippen molar-refractivity contribution in [1.82, 2.24) is 4.90 Å². The predicted octanol–water partition coefficient (Wildman–Crippen LogP) is 2.55. The fourth-order valence-electron chi connectivity index (χ4n) is 4.20. The van der Waals surface area contributed by atoms with Crippen LogP contribution in [0.1, 0.15) is 57.8 Å². The Morgan fingerprint density at radius 1 is 0.875 bits per heavy atom. The van der Waals surface area contributed by atoms with E-state index in [1.165, 1.54) is 57.9 Å². The van der Waals surface area contributed by atoms with Crippen LogP contribution < -0.4 is 0 Å². The molecule has 2 aliphatic carbocycles. The number of hydrogen-bond acceptors (Lipinski definition) is 2. The summed E-state index contributed by atoms with van der Waals surface area (Å²) in [4.78, 5) is 2.67. The van der Waals surface area contributed by atoms with Gasteiger partial charge in [0.15, 0.2) is 0 Å². The van der Waals surface area contributed by atoms with Gasteiger partial charge in [0.25, 0.3) is 0 Å². The molecule has 0 spiro atoms. The summed E-state index contributed by atoms with van der Waals surface area (Å²) in [5, 5.41) is 10.3. The number of fused-ring (bicyclic) bond motifs is 2. The molecule has 4 unspecified atom stereocenters. The average Bonchev–Trinajstić information content (AvgIpc) is 2.85. The third kappa shape index (κ3) is 2.02. The lowest BCUT2D eigenvalue weighted by molar-refractivity contribution is 0.0157. The van der Waals surface area contributed by atoms with Crippen molar-refractivity contribution in [2.45, 2.75) is 76.0 Å². The van der Waals surface area contributed by atoms with E-state index in [1.54, 1.807) is 0 Å². The van der Waals surface area contributed by atoms with E-state index in [1.807, 2.05) is 0 Å². The number of rotatable bonds is 1. The first kappa shape index (κ1) is 11.0. The second kappa shape index (κ2) is 4.66. The lowest BCUT2D eigenvalue weighted by Crippen LogP contribution is -2.47. The molecule has 2 nitrogen and oxygen atoms in total. The Balaban J connectivity index is 1.66. The van der Waals surface area contributed by atoms with Crippen molar-refractivity contribution in [3.63, 3.8) is 0 Å². The van der Waals surface area contributed by atoms with Crippen LogP contribution >= 0.6 is 0 Å². The summed E-state index contributed by atoms with van der Waals surface area (Å²) < 4.78 is 0. The fourth-order valence-corrected chi connectivity index (χ4v) is 4.20. The van der Waals surface area contributed by atoms with Crippen molar-refractivity contribution >= 4 is 0 Å². The Hall–Kier alpha value is -0.0800. The highest BCUT2D eigenvalue weighted by atomic mass is 16.3. The maximum Gasteiger partial charge on any atom is 0.0695 e. The number of nitrogens with zero attached hydrogens (tertiary/aromatic N) is 1. The van der Waals surface area contributed by atoms with E-state index < -0.39 is 0 Å². The van der Waals surface area contributed by atoms with Gasteiger partial charge in [0.05, 0.1) is 6.10 Å². The molecular formula is C14H25NO. The molecule has 2 saturated carbocycles. The van der Waals surface area contributed by atoms with E-state index in [2.05, 4.69) is 4.90 Å². The molecule has 92 valence electrons. The minimum atomic E-state index is -0.0420. The van der Waals surface area contributed by atoms with Crippen molar-refractivity contribution < 1.29 is 5.11 Å². The van der Waals surface area contributed by atoms with E-state index in [4.69, 9.17) is 0 Å². The van der Waals surface area contributed by atoms with Gasteiger partial charge in [-0.25, -0.2) is 0 Å². The quantitative estimate of drug-likeness (QED) is 0.738. The summed E-state index contributed by atoms with van der Waals surface area (Å²) in [6.45, 7) is 1.28. The van der Waals surface area contributed by atoms with Crippen LogP contribution in [0, 0.1) is 5.92 Å². The van der Waals surface area contributed by atoms with Crippen LogP contribution in [-0.2, 0) is 0 Å². The third-order valence-electron chi connectivity index (χ3n) is 5.07. The Morgan fingerprint density at radius 2 is 1.69 bits per heavy atom. The topological polar surface area (TPSA) is 23.5 Å². The summed E-state index contributed by atoms with van der Waals surface area (Å²) in [6, 6.07) is 1.32. The summed E-state index contributed by atoms with van der Waals surface area (Å²) in [5.74, 6) is 0.961. The molecule has 0 aromatic rings. The Labute approximate surface area is 99.0 Å². The molecule has 1 heterocycles. The molecule has 0 radical (unpaired) electrons. The van der Waals surface area contributed by atoms with Crippen LogP contribution in [0.4, 0.5) is 0 Å². The summed E-state index contributed by atoms with van der Waals surface area (Å²) >= 11 is 0. The van der Waals surface area contributed by atoms with Crippen molar-refractivity contribution in [3.05, 3.63) is 0 Å². The third-order valence-corrected chi connectivity index (χ3v) is 5.07. The van der Waals surface area contributed by atoms with E-state index in [9.17, 15) is 5.11 Å². The van der Waals surface area contributed by atoms with E-state index >= 15 is 0 Å². The monoisotopic (exact) mass is 223 g/mol. The van der Waals surface area contributed by atoms with E-state index in [0.29, 0.717) is 6.04 Å². The number of likely N-dealkylation sites (tertiary alicyclic amines) is 1. The zero-order chi connectivity index (χ0) is 11.0. The van der Waals surface area contributed by atoms with Crippen LogP contribution in [0.3, 0.4) is 0 Å². The summed E-state index contributed by atoms with van der Waals surface area (Å²) in [6.07, 6.45) is 11.8. The number of aliphatic hydroxyl groups is 1. The molecule has 1 N–H and O–H groups in total. The van der Waals surface area contributed by atoms with Gasteiger partial charge < -0.3 is 5.11 Å². The van der Waals surface area contributed by atoms with Crippen molar-refractivity contribution in [2.24, 2.45) is 5.92 Å². The minimum Gasteiger partial charge on any atom is -0.391 e. The molecule has 2 bridgehead atoms. The van der Waals surface area contributed by atoms with Gasteiger partial charge >= 0.3 is 0 Å². The van der Waals surface area contributed by atoms with Gasteiger partial charge in [0.2, 0.25) is 0 Å². The van der Waals surface area contributed by atoms with Crippen LogP contribution in [0.5, 0.6) is 0 Å². The second-order valence-electron chi connectivity index (χ2n) is 6.16. The van der Waals surface area contributed by atoms with Gasteiger partial charge in [0.1, 0.15) is 0 Å². The Bertz CT molecular complexity index is 243. The first-order valence-electron chi connectivity index (χ1n) is 7.28. The largest absolute Gasteiger partial charge is 0.391 e. The predicted molar refractivity (Wildman–Crippen MR) is 65.3 cm³/mol. The molecule has 2 heteroatoms. The van der Waals surface area contributed by atoms with Crippen LogP contribution in [-0.4, -0.2) is 34.7 Å². The van der Waals surface area contributed by atoms with Crippen molar-refractivity contribution in [1.29, 1.82) is 0 Å². The molecule has 0 aromatic carbocycles. The van der Waals surface area contributed by atoms with E-state index in [0.717, 1.165) is 18.4 Å². The van der Waals surface area contributed by atoms with Crippen LogP contribution in [0.2, 0.25) is 0 Å². The zero-order valence-corrected chi connectivity index (χ0v) is 10.3. The Kier molecular flexibility index (Phi) is 3.21. The van der Waals surface area contributed by atoms with Gasteiger partial charge in [0, 0.05) is 18.6 Å². The van der Waals surface area contributed by atoms with Gasteiger partial charge in [-0.1, -0.05) is 25.7 Å². The first-order valence-corrected chi connectivity index (χ1v) is 7.28. The van der Waals surface area contributed by atoms with Crippen molar-refractivity contribution in [2.75, 3.05) is 6.54 Å². The molecule has 1 saturated heterocycles. The SMILES string of the molecule is OC1CCCCCCC1N1CC2CCC1C2. The Morgan fingerprint density at radius 3 is 2.38 bits per heavy atom. The van der Waals surface area contributed by atoms with Gasteiger partial charge in [-0.15, -0.1) is 0 Å². The minimum absolute atomic E-state index is 0.0420. The first-order chi connectivity index (χ1) is 7.84. The number of aliphatic hydroxyl groups excluding tert-OH is 1. The lowest BCUT2D eigenvalue weighted by atomic mass is 9.92. The van der Waals surface area contributed by atoms with Gasteiger partial charge in [-0.3, -0.25) is 4.90 Å². The molecule has 3 aliphatic rings. The molecule has 0 amide bonds. The summed E-state index contributed by atoms with van der Waals surface area (Å²) in [7, 11) is 0. The maximum atomic E-state index is 10.3. The molecule has 3 fully saturated rings. The molecule has 1 aliphatic heterocycles. The summed E-state index contributed by atoms with van der Waals surface area (Å²) in [5.41, 5.74) is 0. The standard InChI is InChI=1S/C14H25NO/c16-14-6-4-2-1-3-5-13(14)15-10-11-7-8-12(15)9-11/h11-14,16H,1-10H2. The van der Waals surface area contributed by atoms with Crippen LogP contribution in [0.25, 0.3) is 0 Å². The lowest BCUT2D eigenvalue weighted by Gasteiger charge is -2.38. The fraction of sp³-hybridized carbons (Fsp3) is 1.00. The van der Waals surface area contributed by atoms with E-state index in [-0.39, 0.29) is 6.10 Å². The maximum absolute atomic E-state index is 10.3. The van der Waals surface area contributed by atoms with Crippen LogP contribution in [0.15, 0.2) is 0 Å². The number of hydrogen-bond donors (Lipinski definition) is 1. The zero-order valence-electron chi connectivity index (χ0n) is 10.3. The van der Waals surface area contributed by atoms with Gasteiger partial charge in [-0.2, -0.15) is 0 Å². The molecule has 3 rings (SSSR count). The number of piperidine rings is 1. The average molecular weight is 223 g/mol. The van der Waals surface area contributed by atoms with Gasteiger partial charge in [-0.05, 0) is 38.0 Å². The second-order valence-corrected chi connectivity index (χ2v) is 6.16. The molecule has 4 atom stereocenters. The molecular weight excluding hydrogens is 198 g/mol.